The predicted octanol–water partition coefficient (Wildman–Crippen LogP) is 5.27. The van der Waals surface area contributed by atoms with Gasteiger partial charge in [-0.25, -0.2) is 4.98 Å². The van der Waals surface area contributed by atoms with Crippen molar-refractivity contribution in [2.75, 3.05) is 19.5 Å². The molecule has 31 heavy (non-hydrogen) atoms. The van der Waals surface area contributed by atoms with E-state index in [1.807, 2.05) is 0 Å². The van der Waals surface area contributed by atoms with Gasteiger partial charge in [0.1, 0.15) is 22.8 Å². The van der Waals surface area contributed by atoms with E-state index in [9.17, 15) is 4.79 Å². The van der Waals surface area contributed by atoms with Crippen LogP contribution in [0.5, 0.6) is 11.5 Å². The first-order chi connectivity index (χ1) is 15.0. The molecule has 1 amide bonds. The first kappa shape index (κ1) is 20.8. The van der Waals surface area contributed by atoms with Gasteiger partial charge in [0.15, 0.2) is 0 Å². The molecule has 156 valence electrons. The second-order valence-electron chi connectivity index (χ2n) is 6.37. The fraction of sp³-hybridized carbons (Fsp3) is 0.0909. The maximum absolute atomic E-state index is 12.9. The number of carbonyl (C=O) groups excluding carboxylic acids is 1. The summed E-state index contributed by atoms with van der Waals surface area (Å²) < 4.78 is 10.7. The molecule has 1 N–H and O–H groups in total. The van der Waals surface area contributed by atoms with Crippen LogP contribution in [0.2, 0.25) is 10.0 Å². The first-order valence-electron chi connectivity index (χ1n) is 9.11. The molecule has 2 aromatic heterocycles. The number of carbonyl (C=O) groups is 1. The summed E-state index contributed by atoms with van der Waals surface area (Å²) in [6.45, 7) is 0. The first-order valence-corrected chi connectivity index (χ1v) is 9.87. The van der Waals surface area contributed by atoms with Crippen molar-refractivity contribution in [3.63, 3.8) is 0 Å². The van der Waals surface area contributed by atoms with Crippen molar-refractivity contribution in [3.05, 3.63) is 70.6 Å². The number of pyridine rings is 1. The van der Waals surface area contributed by atoms with Crippen LogP contribution < -0.4 is 14.8 Å². The Morgan fingerprint density at radius 3 is 2.16 bits per heavy atom. The normalized spacial score (nSPS) is 10.7. The van der Waals surface area contributed by atoms with Crippen molar-refractivity contribution in [2.24, 2.45) is 0 Å². The molecule has 9 heteroatoms. The van der Waals surface area contributed by atoms with Gasteiger partial charge in [0.25, 0.3) is 5.91 Å². The molecule has 0 aliphatic heterocycles. The van der Waals surface area contributed by atoms with Crippen molar-refractivity contribution >= 4 is 46.0 Å². The molecule has 0 aliphatic carbocycles. The van der Waals surface area contributed by atoms with Gasteiger partial charge in [-0.15, -0.1) is 0 Å². The molecule has 2 heterocycles. The summed E-state index contributed by atoms with van der Waals surface area (Å²) in [5, 5.41) is 3.35. The molecule has 2 aromatic carbocycles. The standard InChI is InChI=1S/C22H16Cl2N4O3/c1-30-14-11-15(31-2)19(24)17(18(14)23)12-6-7-13(21-20(12)26-9-10-27-21)22(29)28-16-5-3-4-8-25-16/h3-11H,1-2H3,(H,25,28,29). The summed E-state index contributed by atoms with van der Waals surface area (Å²) >= 11 is 13.2. The lowest BCUT2D eigenvalue weighted by atomic mass is 9.99. The van der Waals surface area contributed by atoms with Crippen molar-refractivity contribution in [3.8, 4) is 22.6 Å². The number of benzene rings is 2. The van der Waals surface area contributed by atoms with E-state index in [4.69, 9.17) is 32.7 Å². The summed E-state index contributed by atoms with van der Waals surface area (Å²) in [4.78, 5) is 25.8. The maximum Gasteiger partial charge on any atom is 0.259 e. The van der Waals surface area contributed by atoms with Crippen molar-refractivity contribution in [2.45, 2.75) is 0 Å². The minimum Gasteiger partial charge on any atom is -0.495 e. The highest BCUT2D eigenvalue weighted by Gasteiger charge is 2.23. The highest BCUT2D eigenvalue weighted by molar-refractivity contribution is 6.41. The van der Waals surface area contributed by atoms with Gasteiger partial charge in [-0.3, -0.25) is 14.8 Å². The molecule has 0 spiro atoms. The number of anilines is 1. The molecule has 0 bridgehead atoms. The van der Waals surface area contributed by atoms with E-state index in [0.29, 0.717) is 55.1 Å². The Labute approximate surface area is 188 Å². The summed E-state index contributed by atoms with van der Waals surface area (Å²) in [5.74, 6) is 0.854. The van der Waals surface area contributed by atoms with Gasteiger partial charge in [-0.05, 0) is 18.2 Å². The third-order valence-corrected chi connectivity index (χ3v) is 5.37. The quantitative estimate of drug-likeness (QED) is 0.442. The zero-order valence-corrected chi connectivity index (χ0v) is 18.0. The van der Waals surface area contributed by atoms with E-state index in [-0.39, 0.29) is 5.91 Å². The summed E-state index contributed by atoms with van der Waals surface area (Å²) in [7, 11) is 3.00. The third kappa shape index (κ3) is 3.85. The van der Waals surface area contributed by atoms with Gasteiger partial charge in [0, 0.05) is 35.8 Å². The number of amides is 1. The van der Waals surface area contributed by atoms with Crippen LogP contribution in [0.4, 0.5) is 5.82 Å². The van der Waals surface area contributed by atoms with Gasteiger partial charge in [0.05, 0.1) is 35.3 Å². The Bertz CT molecular complexity index is 1250. The Balaban J connectivity index is 1.90. The average Bonchev–Trinajstić information content (AvgIpc) is 2.80. The molecule has 0 fully saturated rings. The lowest BCUT2D eigenvalue weighted by Crippen LogP contribution is -2.14. The highest BCUT2D eigenvalue weighted by Crippen LogP contribution is 2.47. The van der Waals surface area contributed by atoms with Crippen LogP contribution in [0.1, 0.15) is 10.4 Å². The molecule has 7 nitrogen and oxygen atoms in total. The van der Waals surface area contributed by atoms with Crippen LogP contribution >= 0.6 is 23.2 Å². The zero-order valence-electron chi connectivity index (χ0n) is 16.5. The largest absolute Gasteiger partial charge is 0.495 e. The lowest BCUT2D eigenvalue weighted by molar-refractivity contribution is 0.102. The Hall–Kier alpha value is -3.42. The third-order valence-electron chi connectivity index (χ3n) is 4.62. The van der Waals surface area contributed by atoms with Gasteiger partial charge in [-0.1, -0.05) is 35.3 Å². The SMILES string of the molecule is COc1cc(OC)c(Cl)c(-c2ccc(C(=O)Nc3ccccn3)c3nccnc23)c1Cl. The smallest absolute Gasteiger partial charge is 0.259 e. The molecule has 0 aliphatic rings. The number of ether oxygens (including phenoxy) is 2. The summed E-state index contributed by atoms with van der Waals surface area (Å²) in [5.41, 5.74) is 2.24. The average molecular weight is 455 g/mol. The van der Waals surface area contributed by atoms with Crippen LogP contribution in [0.15, 0.2) is 55.0 Å². The fourth-order valence-corrected chi connectivity index (χ4v) is 3.89. The summed E-state index contributed by atoms with van der Waals surface area (Å²) in [6, 6.07) is 10.2. The number of nitrogens with one attached hydrogen (secondary N) is 1. The lowest BCUT2D eigenvalue weighted by Gasteiger charge is -2.16. The number of halogens is 2. The maximum atomic E-state index is 12.9. The van der Waals surface area contributed by atoms with Gasteiger partial charge >= 0.3 is 0 Å². The number of nitrogens with zero attached hydrogens (tertiary/aromatic N) is 3. The van der Waals surface area contributed by atoms with Crippen LogP contribution in [-0.4, -0.2) is 35.1 Å². The Kier molecular flexibility index (Phi) is 5.88. The Morgan fingerprint density at radius 2 is 1.55 bits per heavy atom. The number of methoxy groups -OCH3 is 2. The molecule has 0 saturated heterocycles. The number of aromatic nitrogens is 3. The molecular formula is C22H16Cl2N4O3. The van der Waals surface area contributed by atoms with Crippen LogP contribution in [-0.2, 0) is 0 Å². The number of hydrogen-bond acceptors (Lipinski definition) is 6. The molecule has 4 rings (SSSR count). The van der Waals surface area contributed by atoms with E-state index in [0.717, 1.165) is 0 Å². The van der Waals surface area contributed by atoms with Crippen LogP contribution in [0.25, 0.3) is 22.2 Å². The molecule has 0 unspecified atom stereocenters. The summed E-state index contributed by atoms with van der Waals surface area (Å²) in [6.07, 6.45) is 4.64. The molecule has 4 aromatic rings. The topological polar surface area (TPSA) is 86.2 Å². The van der Waals surface area contributed by atoms with Crippen molar-refractivity contribution in [1.82, 2.24) is 15.0 Å². The molecule has 0 atom stereocenters. The van der Waals surface area contributed by atoms with Crippen LogP contribution in [0, 0.1) is 0 Å². The van der Waals surface area contributed by atoms with E-state index in [1.54, 1.807) is 42.6 Å². The van der Waals surface area contributed by atoms with E-state index in [1.165, 1.54) is 26.6 Å². The molecule has 0 radical (unpaired) electrons. The number of hydrogen-bond donors (Lipinski definition) is 1. The molecule has 0 saturated carbocycles. The number of rotatable bonds is 5. The van der Waals surface area contributed by atoms with Crippen LogP contribution in [0.3, 0.4) is 0 Å². The van der Waals surface area contributed by atoms with E-state index >= 15 is 0 Å². The van der Waals surface area contributed by atoms with Gasteiger partial charge in [-0.2, -0.15) is 0 Å². The second kappa shape index (κ2) is 8.75. The van der Waals surface area contributed by atoms with Crippen molar-refractivity contribution in [1.29, 1.82) is 0 Å². The van der Waals surface area contributed by atoms with Gasteiger partial charge < -0.3 is 14.8 Å². The molecular weight excluding hydrogens is 439 g/mol. The number of fused-ring (bicyclic) bond motifs is 1. The Morgan fingerprint density at radius 1 is 0.871 bits per heavy atom. The minimum atomic E-state index is -0.365. The monoisotopic (exact) mass is 454 g/mol. The zero-order chi connectivity index (χ0) is 22.0. The second-order valence-corrected chi connectivity index (χ2v) is 7.12. The van der Waals surface area contributed by atoms with Crippen molar-refractivity contribution < 1.29 is 14.3 Å². The minimum absolute atomic E-state index is 0.297. The fourth-order valence-electron chi connectivity index (χ4n) is 3.18. The van der Waals surface area contributed by atoms with E-state index < -0.39 is 0 Å². The highest BCUT2D eigenvalue weighted by atomic mass is 35.5. The van der Waals surface area contributed by atoms with Gasteiger partial charge in [0.2, 0.25) is 0 Å². The predicted molar refractivity (Wildman–Crippen MR) is 120 cm³/mol. The van der Waals surface area contributed by atoms with E-state index in [2.05, 4.69) is 20.3 Å².